The maximum atomic E-state index is 10.8. The van der Waals surface area contributed by atoms with Crippen LogP contribution in [-0.2, 0) is 6.42 Å². The molecule has 0 bridgehead atoms. The van der Waals surface area contributed by atoms with Gasteiger partial charge in [-0.25, -0.2) is 0 Å². The molecule has 2 aromatic rings. The summed E-state index contributed by atoms with van der Waals surface area (Å²) in [6, 6.07) is 13.3. The van der Waals surface area contributed by atoms with E-state index in [1.165, 1.54) is 0 Å². The minimum absolute atomic E-state index is 0.209. The van der Waals surface area contributed by atoms with Crippen LogP contribution in [-0.4, -0.2) is 5.91 Å². The smallest absolute Gasteiger partial charge is 0.284 e. The molecule has 1 heterocycles. The maximum absolute atomic E-state index is 10.8. The molecule has 2 rings (SSSR count). The van der Waals surface area contributed by atoms with E-state index >= 15 is 0 Å². The van der Waals surface area contributed by atoms with Crippen LogP contribution >= 0.6 is 0 Å². The number of primary amides is 1. The Kier molecular flexibility index (Phi) is 2.54. The van der Waals surface area contributed by atoms with Crippen molar-refractivity contribution in [2.75, 3.05) is 0 Å². The number of rotatable bonds is 3. The first-order chi connectivity index (χ1) is 7.25. The van der Waals surface area contributed by atoms with Gasteiger partial charge < -0.3 is 10.2 Å². The van der Waals surface area contributed by atoms with E-state index in [0.717, 1.165) is 11.3 Å². The molecular formula is C12H11NO2. The largest absolute Gasteiger partial charge is 0.456 e. The Balaban J connectivity index is 2.15. The van der Waals surface area contributed by atoms with E-state index in [2.05, 4.69) is 0 Å². The van der Waals surface area contributed by atoms with Gasteiger partial charge in [-0.15, -0.1) is 0 Å². The first-order valence-electron chi connectivity index (χ1n) is 4.68. The first kappa shape index (κ1) is 9.52. The van der Waals surface area contributed by atoms with Crippen LogP contribution in [0.4, 0.5) is 0 Å². The zero-order valence-electron chi connectivity index (χ0n) is 8.14. The SMILES string of the molecule is NC(=O)c1ccc(Cc2ccccc2)o1. The Morgan fingerprint density at radius 1 is 1.13 bits per heavy atom. The highest BCUT2D eigenvalue weighted by atomic mass is 16.3. The fourth-order valence-electron chi connectivity index (χ4n) is 1.40. The second kappa shape index (κ2) is 4.00. The number of nitrogens with two attached hydrogens (primary N) is 1. The summed E-state index contributed by atoms with van der Waals surface area (Å²) in [7, 11) is 0. The molecule has 0 spiro atoms. The summed E-state index contributed by atoms with van der Waals surface area (Å²) in [4.78, 5) is 10.8. The Morgan fingerprint density at radius 3 is 2.47 bits per heavy atom. The number of amides is 1. The van der Waals surface area contributed by atoms with Gasteiger partial charge in [-0.2, -0.15) is 0 Å². The van der Waals surface area contributed by atoms with Crippen LogP contribution < -0.4 is 5.73 Å². The molecule has 3 heteroatoms. The van der Waals surface area contributed by atoms with Gasteiger partial charge in [0, 0.05) is 6.42 Å². The summed E-state index contributed by atoms with van der Waals surface area (Å²) < 4.78 is 5.27. The lowest BCUT2D eigenvalue weighted by atomic mass is 10.1. The van der Waals surface area contributed by atoms with E-state index in [-0.39, 0.29) is 5.76 Å². The number of benzene rings is 1. The number of carbonyl (C=O) groups excluding carboxylic acids is 1. The lowest BCUT2D eigenvalue weighted by Crippen LogP contribution is -2.09. The van der Waals surface area contributed by atoms with E-state index in [9.17, 15) is 4.79 Å². The van der Waals surface area contributed by atoms with Gasteiger partial charge in [-0.1, -0.05) is 30.3 Å². The van der Waals surface area contributed by atoms with E-state index in [0.29, 0.717) is 6.42 Å². The Bertz CT molecular complexity index is 459. The molecule has 0 atom stereocenters. The van der Waals surface area contributed by atoms with E-state index in [1.807, 2.05) is 30.3 Å². The summed E-state index contributed by atoms with van der Waals surface area (Å²) in [6.45, 7) is 0. The monoisotopic (exact) mass is 201 g/mol. The number of furan rings is 1. The van der Waals surface area contributed by atoms with Crippen molar-refractivity contribution in [3.63, 3.8) is 0 Å². The quantitative estimate of drug-likeness (QED) is 0.825. The van der Waals surface area contributed by atoms with Crippen molar-refractivity contribution >= 4 is 5.91 Å². The average Bonchev–Trinajstić information content (AvgIpc) is 2.68. The molecule has 0 saturated carbocycles. The van der Waals surface area contributed by atoms with Gasteiger partial charge in [0.05, 0.1) is 0 Å². The minimum atomic E-state index is -0.533. The molecule has 3 nitrogen and oxygen atoms in total. The summed E-state index contributed by atoms with van der Waals surface area (Å²) in [5, 5.41) is 0. The van der Waals surface area contributed by atoms with Crippen LogP contribution in [0.5, 0.6) is 0 Å². The zero-order valence-corrected chi connectivity index (χ0v) is 8.14. The van der Waals surface area contributed by atoms with Gasteiger partial charge in [0.1, 0.15) is 5.76 Å². The predicted octanol–water partition coefficient (Wildman–Crippen LogP) is 1.97. The van der Waals surface area contributed by atoms with Crippen LogP contribution in [0.2, 0.25) is 0 Å². The Hall–Kier alpha value is -2.03. The summed E-state index contributed by atoms with van der Waals surface area (Å²) in [6.07, 6.45) is 0.675. The van der Waals surface area contributed by atoms with Crippen molar-refractivity contribution in [2.24, 2.45) is 5.73 Å². The molecule has 1 aromatic heterocycles. The molecule has 1 aromatic carbocycles. The third-order valence-electron chi connectivity index (χ3n) is 2.13. The fraction of sp³-hybridized carbons (Fsp3) is 0.0833. The molecular weight excluding hydrogens is 190 g/mol. The molecule has 15 heavy (non-hydrogen) atoms. The van der Waals surface area contributed by atoms with Crippen molar-refractivity contribution in [3.8, 4) is 0 Å². The van der Waals surface area contributed by atoms with E-state index < -0.39 is 5.91 Å². The molecule has 0 aliphatic heterocycles. The van der Waals surface area contributed by atoms with E-state index in [1.54, 1.807) is 12.1 Å². The summed E-state index contributed by atoms with van der Waals surface area (Å²) >= 11 is 0. The topological polar surface area (TPSA) is 56.2 Å². The molecule has 0 aliphatic carbocycles. The molecule has 0 radical (unpaired) electrons. The Labute approximate surface area is 87.5 Å². The normalized spacial score (nSPS) is 10.1. The summed E-state index contributed by atoms with van der Waals surface area (Å²) in [5.74, 6) is 0.422. The fourth-order valence-corrected chi connectivity index (χ4v) is 1.40. The second-order valence-electron chi connectivity index (χ2n) is 3.29. The highest BCUT2D eigenvalue weighted by Gasteiger charge is 2.06. The summed E-state index contributed by atoms with van der Waals surface area (Å²) in [5.41, 5.74) is 6.23. The van der Waals surface area contributed by atoms with Crippen LogP contribution in [0.15, 0.2) is 46.9 Å². The maximum Gasteiger partial charge on any atom is 0.284 e. The molecule has 0 fully saturated rings. The van der Waals surface area contributed by atoms with Gasteiger partial charge in [-0.05, 0) is 17.7 Å². The van der Waals surface area contributed by atoms with Crippen molar-refractivity contribution in [1.82, 2.24) is 0 Å². The van der Waals surface area contributed by atoms with Crippen molar-refractivity contribution < 1.29 is 9.21 Å². The molecule has 0 saturated heterocycles. The lowest BCUT2D eigenvalue weighted by Gasteiger charge is -1.96. The van der Waals surface area contributed by atoms with Gasteiger partial charge in [-0.3, -0.25) is 4.79 Å². The van der Waals surface area contributed by atoms with Gasteiger partial charge in [0.2, 0.25) is 0 Å². The molecule has 0 unspecified atom stereocenters. The highest BCUT2D eigenvalue weighted by molar-refractivity contribution is 5.89. The number of hydrogen-bond donors (Lipinski definition) is 1. The number of hydrogen-bond acceptors (Lipinski definition) is 2. The highest BCUT2D eigenvalue weighted by Crippen LogP contribution is 2.12. The van der Waals surface area contributed by atoms with Crippen molar-refractivity contribution in [3.05, 3.63) is 59.5 Å². The molecule has 1 amide bonds. The molecule has 76 valence electrons. The van der Waals surface area contributed by atoms with Crippen molar-refractivity contribution in [2.45, 2.75) is 6.42 Å². The predicted molar refractivity (Wildman–Crippen MR) is 56.5 cm³/mol. The third kappa shape index (κ3) is 2.26. The molecule has 0 aliphatic rings. The Morgan fingerprint density at radius 2 is 1.87 bits per heavy atom. The molecule has 2 N–H and O–H groups in total. The van der Waals surface area contributed by atoms with E-state index in [4.69, 9.17) is 10.2 Å². The standard InChI is InChI=1S/C12H11NO2/c13-12(14)11-7-6-10(15-11)8-9-4-2-1-3-5-9/h1-7H,8H2,(H2,13,14). The lowest BCUT2D eigenvalue weighted by molar-refractivity contribution is 0.0972. The van der Waals surface area contributed by atoms with Gasteiger partial charge in [0.15, 0.2) is 5.76 Å². The van der Waals surface area contributed by atoms with Crippen LogP contribution in [0.25, 0.3) is 0 Å². The van der Waals surface area contributed by atoms with Crippen LogP contribution in [0, 0.1) is 0 Å². The number of carbonyl (C=O) groups is 1. The van der Waals surface area contributed by atoms with Crippen LogP contribution in [0.3, 0.4) is 0 Å². The average molecular weight is 201 g/mol. The van der Waals surface area contributed by atoms with Crippen LogP contribution in [0.1, 0.15) is 21.9 Å². The van der Waals surface area contributed by atoms with Gasteiger partial charge >= 0.3 is 0 Å². The first-order valence-corrected chi connectivity index (χ1v) is 4.68. The minimum Gasteiger partial charge on any atom is -0.456 e. The second-order valence-corrected chi connectivity index (χ2v) is 3.29. The zero-order chi connectivity index (χ0) is 10.7. The van der Waals surface area contributed by atoms with Crippen molar-refractivity contribution in [1.29, 1.82) is 0 Å². The van der Waals surface area contributed by atoms with Gasteiger partial charge in [0.25, 0.3) is 5.91 Å². The third-order valence-corrected chi connectivity index (χ3v) is 2.13.